The summed E-state index contributed by atoms with van der Waals surface area (Å²) in [7, 11) is 1.83. The molecular weight excluding hydrogens is 264 g/mol. The maximum Gasteiger partial charge on any atom is 0.253 e. The molecule has 21 heavy (non-hydrogen) atoms. The lowest BCUT2D eigenvalue weighted by molar-refractivity contribution is -0.128. The van der Waals surface area contributed by atoms with Crippen LogP contribution in [0.15, 0.2) is 24.3 Å². The first-order valence-corrected chi connectivity index (χ1v) is 7.59. The number of carbonyl (C=O) groups is 2. The van der Waals surface area contributed by atoms with Gasteiger partial charge in [-0.15, -0.1) is 0 Å². The molecule has 0 radical (unpaired) electrons. The van der Waals surface area contributed by atoms with E-state index in [1.54, 1.807) is 4.90 Å². The van der Waals surface area contributed by atoms with Crippen molar-refractivity contribution in [2.24, 2.45) is 5.92 Å². The van der Waals surface area contributed by atoms with Crippen LogP contribution in [0, 0.1) is 5.92 Å². The molecule has 4 heteroatoms. The molecule has 1 aliphatic heterocycles. The number of amides is 2. The Labute approximate surface area is 126 Å². The maximum absolute atomic E-state index is 12.2. The summed E-state index contributed by atoms with van der Waals surface area (Å²) < 4.78 is 0. The number of benzene rings is 1. The fourth-order valence-corrected chi connectivity index (χ4v) is 2.70. The second-order valence-electron chi connectivity index (χ2n) is 6.20. The van der Waals surface area contributed by atoms with E-state index in [2.05, 4.69) is 13.8 Å². The van der Waals surface area contributed by atoms with Crippen LogP contribution in [0.5, 0.6) is 0 Å². The molecule has 2 rings (SSSR count). The number of carbonyl (C=O) groups excluding carboxylic acids is 2. The van der Waals surface area contributed by atoms with Crippen LogP contribution < -0.4 is 0 Å². The zero-order valence-electron chi connectivity index (χ0n) is 13.1. The van der Waals surface area contributed by atoms with Gasteiger partial charge in [0.15, 0.2) is 0 Å². The Morgan fingerprint density at radius 3 is 2.48 bits per heavy atom. The minimum Gasteiger partial charge on any atom is -0.341 e. The van der Waals surface area contributed by atoms with E-state index < -0.39 is 0 Å². The van der Waals surface area contributed by atoms with Crippen molar-refractivity contribution >= 4 is 11.8 Å². The Bertz CT molecular complexity index is 508. The third-order valence-electron chi connectivity index (χ3n) is 3.73. The van der Waals surface area contributed by atoms with Gasteiger partial charge in [-0.2, -0.15) is 0 Å². The van der Waals surface area contributed by atoms with E-state index in [1.807, 2.05) is 36.2 Å². The summed E-state index contributed by atoms with van der Waals surface area (Å²) in [4.78, 5) is 27.5. The molecule has 1 saturated heterocycles. The predicted octanol–water partition coefficient (Wildman–Crippen LogP) is 2.54. The quantitative estimate of drug-likeness (QED) is 0.835. The monoisotopic (exact) mass is 288 g/mol. The number of nitrogens with zero attached hydrogens (tertiary/aromatic N) is 2. The Morgan fingerprint density at radius 2 is 1.95 bits per heavy atom. The summed E-state index contributed by atoms with van der Waals surface area (Å²) in [6.07, 6.45) is 1.62. The van der Waals surface area contributed by atoms with Gasteiger partial charge in [-0.1, -0.05) is 26.0 Å². The molecule has 0 aromatic heterocycles. The highest BCUT2D eigenvalue weighted by Gasteiger charge is 2.20. The lowest BCUT2D eigenvalue weighted by atomic mass is 10.1. The van der Waals surface area contributed by atoms with Gasteiger partial charge in [-0.05, 0) is 30.0 Å². The summed E-state index contributed by atoms with van der Waals surface area (Å²) in [6.45, 7) is 6.44. The van der Waals surface area contributed by atoms with Crippen molar-refractivity contribution in [1.82, 2.24) is 9.80 Å². The number of hydrogen-bond donors (Lipinski definition) is 0. The first-order chi connectivity index (χ1) is 9.97. The zero-order chi connectivity index (χ0) is 15.4. The Balaban J connectivity index is 1.98. The molecule has 0 saturated carbocycles. The summed E-state index contributed by atoms with van der Waals surface area (Å²) >= 11 is 0. The van der Waals surface area contributed by atoms with Crippen LogP contribution in [-0.4, -0.2) is 41.8 Å². The van der Waals surface area contributed by atoms with Crippen molar-refractivity contribution in [3.8, 4) is 0 Å². The van der Waals surface area contributed by atoms with E-state index in [9.17, 15) is 9.59 Å². The molecule has 0 spiro atoms. The van der Waals surface area contributed by atoms with Crippen molar-refractivity contribution in [2.75, 3.05) is 20.1 Å². The first kappa shape index (κ1) is 15.5. The van der Waals surface area contributed by atoms with Crippen molar-refractivity contribution in [3.63, 3.8) is 0 Å². The predicted molar refractivity (Wildman–Crippen MR) is 82.9 cm³/mol. The van der Waals surface area contributed by atoms with Crippen molar-refractivity contribution in [2.45, 2.75) is 33.2 Å². The van der Waals surface area contributed by atoms with Gasteiger partial charge in [0.1, 0.15) is 0 Å². The van der Waals surface area contributed by atoms with Gasteiger partial charge in [-0.25, -0.2) is 0 Å². The summed E-state index contributed by atoms with van der Waals surface area (Å²) in [5.41, 5.74) is 1.78. The minimum absolute atomic E-state index is 0.0486. The topological polar surface area (TPSA) is 40.6 Å². The molecule has 0 unspecified atom stereocenters. The van der Waals surface area contributed by atoms with Crippen LogP contribution in [0.2, 0.25) is 0 Å². The van der Waals surface area contributed by atoms with E-state index in [-0.39, 0.29) is 11.8 Å². The molecule has 0 bridgehead atoms. The average Bonchev–Trinajstić information content (AvgIpc) is 2.83. The Morgan fingerprint density at radius 1 is 1.29 bits per heavy atom. The number of hydrogen-bond acceptors (Lipinski definition) is 2. The largest absolute Gasteiger partial charge is 0.341 e. The minimum atomic E-state index is 0.0486. The van der Waals surface area contributed by atoms with Gasteiger partial charge in [0, 0.05) is 38.7 Å². The van der Waals surface area contributed by atoms with Gasteiger partial charge in [-0.3, -0.25) is 9.59 Å². The van der Waals surface area contributed by atoms with Gasteiger partial charge >= 0.3 is 0 Å². The Hall–Kier alpha value is -1.84. The van der Waals surface area contributed by atoms with Crippen LogP contribution in [0.4, 0.5) is 0 Å². The molecule has 0 aliphatic carbocycles. The molecule has 1 aliphatic rings. The first-order valence-electron chi connectivity index (χ1n) is 7.59. The fourth-order valence-electron chi connectivity index (χ4n) is 2.70. The molecule has 1 aromatic carbocycles. The number of rotatable bonds is 5. The van der Waals surface area contributed by atoms with Gasteiger partial charge in [0.25, 0.3) is 5.91 Å². The lowest BCUT2D eigenvalue weighted by Gasteiger charge is -2.20. The van der Waals surface area contributed by atoms with E-state index in [4.69, 9.17) is 0 Å². The molecule has 0 N–H and O–H groups in total. The molecule has 2 amide bonds. The lowest BCUT2D eigenvalue weighted by Crippen LogP contribution is -2.30. The standard InChI is InChI=1S/C17H24N2O2/c1-13(2)11-18(3)17(21)15-8-6-14(7-9-15)12-19-10-4-5-16(19)20/h6-9,13H,4-5,10-12H2,1-3H3. The second kappa shape index (κ2) is 6.74. The number of likely N-dealkylation sites (tertiary alicyclic amines) is 1. The third kappa shape index (κ3) is 4.06. The van der Waals surface area contributed by atoms with Crippen molar-refractivity contribution in [1.29, 1.82) is 0 Å². The molecular formula is C17H24N2O2. The Kier molecular flexibility index (Phi) is 4.99. The molecule has 1 aromatic rings. The molecule has 4 nitrogen and oxygen atoms in total. The van der Waals surface area contributed by atoms with Gasteiger partial charge in [0.2, 0.25) is 5.91 Å². The van der Waals surface area contributed by atoms with Crippen molar-refractivity contribution in [3.05, 3.63) is 35.4 Å². The van der Waals surface area contributed by atoms with Crippen LogP contribution in [-0.2, 0) is 11.3 Å². The molecule has 114 valence electrons. The maximum atomic E-state index is 12.2. The van der Waals surface area contributed by atoms with Gasteiger partial charge in [0.05, 0.1) is 0 Å². The molecule has 1 heterocycles. The molecule has 1 fully saturated rings. The SMILES string of the molecule is CC(C)CN(C)C(=O)c1ccc(CN2CCCC2=O)cc1. The second-order valence-corrected chi connectivity index (χ2v) is 6.20. The highest BCUT2D eigenvalue weighted by Crippen LogP contribution is 2.15. The van der Waals surface area contributed by atoms with E-state index in [1.165, 1.54) is 0 Å². The van der Waals surface area contributed by atoms with Crippen LogP contribution in [0.25, 0.3) is 0 Å². The third-order valence-corrected chi connectivity index (χ3v) is 3.73. The summed E-state index contributed by atoms with van der Waals surface area (Å²) in [5, 5.41) is 0. The average molecular weight is 288 g/mol. The van der Waals surface area contributed by atoms with Gasteiger partial charge < -0.3 is 9.80 Å². The van der Waals surface area contributed by atoms with E-state index in [0.29, 0.717) is 24.4 Å². The van der Waals surface area contributed by atoms with Crippen LogP contribution >= 0.6 is 0 Å². The normalized spacial score (nSPS) is 14.9. The highest BCUT2D eigenvalue weighted by atomic mass is 16.2. The summed E-state index contributed by atoms with van der Waals surface area (Å²) in [5.74, 6) is 0.735. The van der Waals surface area contributed by atoms with Crippen LogP contribution in [0.3, 0.4) is 0 Å². The van der Waals surface area contributed by atoms with Crippen molar-refractivity contribution < 1.29 is 9.59 Å². The summed E-state index contributed by atoms with van der Waals surface area (Å²) in [6, 6.07) is 7.61. The smallest absolute Gasteiger partial charge is 0.253 e. The van der Waals surface area contributed by atoms with Crippen LogP contribution in [0.1, 0.15) is 42.6 Å². The molecule has 0 atom stereocenters. The zero-order valence-corrected chi connectivity index (χ0v) is 13.1. The van der Waals surface area contributed by atoms with E-state index in [0.717, 1.165) is 25.1 Å². The highest BCUT2D eigenvalue weighted by molar-refractivity contribution is 5.94. The van der Waals surface area contributed by atoms with E-state index >= 15 is 0 Å². The fraction of sp³-hybridized carbons (Fsp3) is 0.529.